The molecule has 0 bridgehead atoms. The first-order valence-corrected chi connectivity index (χ1v) is 7.02. The molecule has 21 heavy (non-hydrogen) atoms. The van der Waals surface area contributed by atoms with Crippen LogP contribution in [0.3, 0.4) is 0 Å². The number of carbonyl (C=O) groups is 1. The summed E-state index contributed by atoms with van der Waals surface area (Å²) in [6, 6.07) is 13.6. The third-order valence-corrected chi connectivity index (χ3v) is 3.90. The average molecular weight is 277 g/mol. The molecule has 2 aromatic rings. The van der Waals surface area contributed by atoms with Crippen molar-refractivity contribution in [3.63, 3.8) is 0 Å². The highest BCUT2D eigenvalue weighted by Crippen LogP contribution is 2.24. The van der Waals surface area contributed by atoms with Gasteiger partial charge in [0.1, 0.15) is 5.92 Å². The Balaban J connectivity index is 2.43. The van der Waals surface area contributed by atoms with Crippen molar-refractivity contribution < 1.29 is 4.79 Å². The van der Waals surface area contributed by atoms with E-state index in [9.17, 15) is 10.1 Å². The van der Waals surface area contributed by atoms with Crippen LogP contribution in [0, 0.1) is 39.0 Å². The van der Waals surface area contributed by atoms with Gasteiger partial charge in [-0.05, 0) is 49.9 Å². The van der Waals surface area contributed by atoms with Crippen LogP contribution in [-0.2, 0) is 0 Å². The SMILES string of the molecule is Cc1ccc(C(=O)C(C#N)c2ccc(C)c(C)c2)c(C)c1. The summed E-state index contributed by atoms with van der Waals surface area (Å²) < 4.78 is 0. The molecule has 2 nitrogen and oxygen atoms in total. The minimum atomic E-state index is -0.745. The molecule has 0 fully saturated rings. The summed E-state index contributed by atoms with van der Waals surface area (Å²) in [6.07, 6.45) is 0. The fourth-order valence-electron chi connectivity index (χ4n) is 2.47. The van der Waals surface area contributed by atoms with Crippen molar-refractivity contribution in [2.24, 2.45) is 0 Å². The van der Waals surface area contributed by atoms with Crippen LogP contribution in [0.15, 0.2) is 36.4 Å². The van der Waals surface area contributed by atoms with E-state index in [0.717, 1.165) is 27.8 Å². The zero-order valence-corrected chi connectivity index (χ0v) is 12.9. The molecule has 0 aliphatic rings. The molecule has 0 amide bonds. The summed E-state index contributed by atoms with van der Waals surface area (Å²) in [5, 5.41) is 9.45. The van der Waals surface area contributed by atoms with Gasteiger partial charge in [-0.15, -0.1) is 0 Å². The second-order valence-corrected chi connectivity index (χ2v) is 5.59. The lowest BCUT2D eigenvalue weighted by atomic mass is 9.88. The first-order valence-electron chi connectivity index (χ1n) is 7.02. The van der Waals surface area contributed by atoms with Gasteiger partial charge >= 0.3 is 0 Å². The van der Waals surface area contributed by atoms with Gasteiger partial charge < -0.3 is 0 Å². The highest BCUT2D eigenvalue weighted by molar-refractivity contribution is 6.03. The summed E-state index contributed by atoms with van der Waals surface area (Å²) in [6.45, 7) is 7.92. The fraction of sp³-hybridized carbons (Fsp3) is 0.263. The topological polar surface area (TPSA) is 40.9 Å². The minimum Gasteiger partial charge on any atom is -0.292 e. The normalized spacial score (nSPS) is 11.8. The number of aryl methyl sites for hydroxylation is 4. The van der Waals surface area contributed by atoms with E-state index in [1.54, 1.807) is 0 Å². The third kappa shape index (κ3) is 3.03. The maximum Gasteiger partial charge on any atom is 0.184 e. The van der Waals surface area contributed by atoms with Crippen molar-refractivity contribution in [2.45, 2.75) is 33.6 Å². The zero-order chi connectivity index (χ0) is 15.6. The van der Waals surface area contributed by atoms with Crippen molar-refractivity contribution in [1.82, 2.24) is 0 Å². The molecule has 0 saturated heterocycles. The molecule has 2 heteroatoms. The summed E-state index contributed by atoms with van der Waals surface area (Å²) in [5.41, 5.74) is 5.69. The molecule has 1 atom stereocenters. The summed E-state index contributed by atoms with van der Waals surface area (Å²) in [7, 11) is 0. The second-order valence-electron chi connectivity index (χ2n) is 5.59. The van der Waals surface area contributed by atoms with E-state index in [4.69, 9.17) is 0 Å². The molecule has 0 aliphatic heterocycles. The van der Waals surface area contributed by atoms with Crippen LogP contribution in [0.5, 0.6) is 0 Å². The van der Waals surface area contributed by atoms with Gasteiger partial charge in [-0.2, -0.15) is 5.26 Å². The molecule has 106 valence electrons. The van der Waals surface area contributed by atoms with E-state index >= 15 is 0 Å². The van der Waals surface area contributed by atoms with Crippen LogP contribution >= 0.6 is 0 Å². The van der Waals surface area contributed by atoms with Gasteiger partial charge in [0.15, 0.2) is 5.78 Å². The van der Waals surface area contributed by atoms with E-state index in [-0.39, 0.29) is 5.78 Å². The summed E-state index contributed by atoms with van der Waals surface area (Å²) in [5.74, 6) is -0.871. The molecule has 2 aromatic carbocycles. The van der Waals surface area contributed by atoms with Gasteiger partial charge in [-0.25, -0.2) is 0 Å². The van der Waals surface area contributed by atoms with E-state index in [1.807, 2.05) is 64.1 Å². The lowest BCUT2D eigenvalue weighted by Crippen LogP contribution is -2.13. The predicted molar refractivity (Wildman–Crippen MR) is 84.5 cm³/mol. The Labute approximate surface area is 126 Å². The minimum absolute atomic E-state index is 0.127. The Morgan fingerprint density at radius 3 is 2.24 bits per heavy atom. The Kier molecular flexibility index (Phi) is 4.23. The molecule has 0 heterocycles. The summed E-state index contributed by atoms with van der Waals surface area (Å²) in [4.78, 5) is 12.7. The molecule has 0 spiro atoms. The number of Topliss-reactive ketones (excluding diaryl/α,β-unsaturated/α-hetero) is 1. The first kappa shape index (κ1) is 15.0. The van der Waals surface area contributed by atoms with Gasteiger partial charge in [0.25, 0.3) is 0 Å². The van der Waals surface area contributed by atoms with Crippen molar-refractivity contribution >= 4 is 5.78 Å². The van der Waals surface area contributed by atoms with Gasteiger partial charge in [0.2, 0.25) is 0 Å². The number of hydrogen-bond donors (Lipinski definition) is 0. The molecule has 0 saturated carbocycles. The van der Waals surface area contributed by atoms with Crippen molar-refractivity contribution in [2.75, 3.05) is 0 Å². The van der Waals surface area contributed by atoms with Crippen LogP contribution in [-0.4, -0.2) is 5.78 Å². The highest BCUT2D eigenvalue weighted by atomic mass is 16.1. The van der Waals surface area contributed by atoms with Crippen molar-refractivity contribution in [3.05, 3.63) is 69.8 Å². The maximum absolute atomic E-state index is 12.7. The van der Waals surface area contributed by atoms with Gasteiger partial charge in [-0.3, -0.25) is 4.79 Å². The van der Waals surface area contributed by atoms with Crippen LogP contribution in [0.4, 0.5) is 0 Å². The van der Waals surface area contributed by atoms with E-state index in [2.05, 4.69) is 6.07 Å². The van der Waals surface area contributed by atoms with Crippen LogP contribution < -0.4 is 0 Å². The monoisotopic (exact) mass is 277 g/mol. The highest BCUT2D eigenvalue weighted by Gasteiger charge is 2.23. The summed E-state index contributed by atoms with van der Waals surface area (Å²) >= 11 is 0. The number of hydrogen-bond acceptors (Lipinski definition) is 2. The fourth-order valence-corrected chi connectivity index (χ4v) is 2.47. The average Bonchev–Trinajstić information content (AvgIpc) is 2.43. The number of rotatable bonds is 3. The molecule has 0 N–H and O–H groups in total. The molecule has 1 unspecified atom stereocenters. The molecular weight excluding hydrogens is 258 g/mol. The Morgan fingerprint density at radius 1 is 0.952 bits per heavy atom. The Bertz CT molecular complexity index is 738. The molecule has 0 aromatic heterocycles. The number of benzene rings is 2. The smallest absolute Gasteiger partial charge is 0.184 e. The Morgan fingerprint density at radius 2 is 1.67 bits per heavy atom. The lowest BCUT2D eigenvalue weighted by Gasteiger charge is -2.13. The van der Waals surface area contributed by atoms with Gasteiger partial charge in [-0.1, -0.05) is 42.0 Å². The Hall–Kier alpha value is -2.40. The maximum atomic E-state index is 12.7. The quantitative estimate of drug-likeness (QED) is 0.780. The number of ketones is 1. The largest absolute Gasteiger partial charge is 0.292 e. The van der Waals surface area contributed by atoms with E-state index < -0.39 is 5.92 Å². The third-order valence-electron chi connectivity index (χ3n) is 3.90. The second kappa shape index (κ2) is 5.93. The molecule has 0 radical (unpaired) electrons. The molecule has 2 rings (SSSR count). The predicted octanol–water partition coefficient (Wildman–Crippen LogP) is 4.41. The van der Waals surface area contributed by atoms with Crippen LogP contribution in [0.25, 0.3) is 0 Å². The van der Waals surface area contributed by atoms with Crippen molar-refractivity contribution in [1.29, 1.82) is 5.26 Å². The number of nitriles is 1. The molecule has 0 aliphatic carbocycles. The lowest BCUT2D eigenvalue weighted by molar-refractivity contribution is 0.0978. The zero-order valence-electron chi connectivity index (χ0n) is 12.9. The number of nitrogens with zero attached hydrogens (tertiary/aromatic N) is 1. The standard InChI is InChI=1S/C19H19NO/c1-12-5-8-17(15(4)9-12)19(21)18(11-20)16-7-6-13(2)14(3)10-16/h5-10,18H,1-4H3. The van der Waals surface area contributed by atoms with Crippen LogP contribution in [0.2, 0.25) is 0 Å². The van der Waals surface area contributed by atoms with Gasteiger partial charge in [0, 0.05) is 5.56 Å². The van der Waals surface area contributed by atoms with Crippen molar-refractivity contribution in [3.8, 4) is 6.07 Å². The van der Waals surface area contributed by atoms with Gasteiger partial charge in [0.05, 0.1) is 6.07 Å². The number of carbonyl (C=O) groups excluding carboxylic acids is 1. The molecular formula is C19H19NO. The van der Waals surface area contributed by atoms with E-state index in [0.29, 0.717) is 5.56 Å². The van der Waals surface area contributed by atoms with Crippen LogP contribution in [0.1, 0.15) is 44.1 Å². The first-order chi connectivity index (χ1) is 9.93. The van der Waals surface area contributed by atoms with E-state index in [1.165, 1.54) is 0 Å².